The molecule has 0 fully saturated rings. The van der Waals surface area contributed by atoms with Crippen LogP contribution < -0.4 is 0 Å². The van der Waals surface area contributed by atoms with Crippen LogP contribution in [0.4, 0.5) is 0 Å². The van der Waals surface area contributed by atoms with Gasteiger partial charge in [0.1, 0.15) is 5.78 Å². The molecule has 0 radical (unpaired) electrons. The Balaban J connectivity index is 3.60. The number of ketones is 1. The zero-order chi connectivity index (χ0) is 20.2. The maximum atomic E-state index is 11.7. The highest BCUT2D eigenvalue weighted by molar-refractivity contribution is 7.81. The molecule has 0 saturated heterocycles. The van der Waals surface area contributed by atoms with E-state index in [-0.39, 0.29) is 5.78 Å². The number of aliphatic hydroxyl groups excluding tert-OH is 2. The molecule has 0 aliphatic heterocycles. The Labute approximate surface area is 171 Å². The minimum Gasteiger partial charge on any atom is -0.394 e. The fourth-order valence-corrected chi connectivity index (χ4v) is 2.64. The monoisotopic (exact) mass is 394 g/mol. The molecule has 0 bridgehead atoms. The van der Waals surface area contributed by atoms with Crippen molar-refractivity contribution < 1.29 is 15.0 Å². The number of allylic oxidation sites excluding steroid dienone is 8. The molecule has 3 nitrogen and oxygen atoms in total. The van der Waals surface area contributed by atoms with E-state index in [1.165, 1.54) is 25.7 Å². The summed E-state index contributed by atoms with van der Waals surface area (Å²) >= 11 is 4.04. The smallest absolute Gasteiger partial charge is 0.148 e. The average Bonchev–Trinajstić information content (AvgIpc) is 2.68. The first-order chi connectivity index (χ1) is 13.1. The van der Waals surface area contributed by atoms with E-state index in [9.17, 15) is 9.90 Å². The van der Waals surface area contributed by atoms with E-state index in [1.807, 2.05) is 0 Å². The number of rotatable bonds is 17. The van der Waals surface area contributed by atoms with E-state index < -0.39 is 18.0 Å². The van der Waals surface area contributed by atoms with Crippen molar-refractivity contribution in [2.75, 3.05) is 6.61 Å². The van der Waals surface area contributed by atoms with E-state index in [0.29, 0.717) is 6.42 Å². The third-order valence-electron chi connectivity index (χ3n) is 4.13. The molecule has 0 aliphatic carbocycles. The molecular weight excluding hydrogens is 356 g/mol. The van der Waals surface area contributed by atoms with Crippen LogP contribution in [0.5, 0.6) is 0 Å². The minimum atomic E-state index is -1.07. The molecule has 0 aliphatic rings. The molecule has 0 aromatic rings. The van der Waals surface area contributed by atoms with Gasteiger partial charge in [0, 0.05) is 6.42 Å². The highest BCUT2D eigenvalue weighted by atomic mass is 32.1. The summed E-state index contributed by atoms with van der Waals surface area (Å²) in [5, 5.41) is 17.4. The molecule has 0 aromatic carbocycles. The maximum absolute atomic E-state index is 11.7. The third-order valence-corrected chi connectivity index (χ3v) is 4.77. The molecule has 154 valence electrons. The highest BCUT2D eigenvalue weighted by Gasteiger charge is 2.21. The molecule has 0 heterocycles. The van der Waals surface area contributed by atoms with Crippen molar-refractivity contribution in [1.29, 1.82) is 0 Å². The van der Waals surface area contributed by atoms with Gasteiger partial charge in [0.15, 0.2) is 0 Å². The van der Waals surface area contributed by atoms with E-state index in [0.717, 1.165) is 32.1 Å². The molecule has 0 aromatic heterocycles. The van der Waals surface area contributed by atoms with Gasteiger partial charge in [-0.25, -0.2) is 0 Å². The van der Waals surface area contributed by atoms with Gasteiger partial charge < -0.3 is 10.2 Å². The number of hydrogen-bond donors (Lipinski definition) is 3. The van der Waals surface area contributed by atoms with Crippen LogP contribution in [0, 0.1) is 0 Å². The lowest BCUT2D eigenvalue weighted by molar-refractivity contribution is -0.120. The lowest BCUT2D eigenvalue weighted by Crippen LogP contribution is -2.31. The van der Waals surface area contributed by atoms with Gasteiger partial charge >= 0.3 is 0 Å². The molecule has 2 atom stereocenters. The number of thiol groups is 1. The van der Waals surface area contributed by atoms with E-state index in [2.05, 4.69) is 68.2 Å². The molecule has 0 rings (SSSR count). The average molecular weight is 395 g/mol. The van der Waals surface area contributed by atoms with Crippen LogP contribution in [0.25, 0.3) is 0 Å². The standard InChI is InChI=1S/C23H38O3S/c1-2-3-4-5-6-7-8-9-10-11-12-13-14-15-16-17-18-19-21(25)23(27)22(26)20-24/h6-7,9-10,12-13,15-16,22-24,26-27H,2-5,8,11,14,17-20H2,1H3/b7-6-,10-9-,13-12-,16-15-/t22-,23+/m1/s1. The summed E-state index contributed by atoms with van der Waals surface area (Å²) in [7, 11) is 0. The Morgan fingerprint density at radius 2 is 1.33 bits per heavy atom. The number of hydrogen-bond acceptors (Lipinski definition) is 4. The summed E-state index contributed by atoms with van der Waals surface area (Å²) in [6.07, 6.45) is 26.3. The second-order valence-corrected chi connectivity index (χ2v) is 7.20. The summed E-state index contributed by atoms with van der Waals surface area (Å²) < 4.78 is 0. The highest BCUT2D eigenvalue weighted by Crippen LogP contribution is 2.09. The zero-order valence-corrected chi connectivity index (χ0v) is 17.7. The van der Waals surface area contributed by atoms with Crippen molar-refractivity contribution in [1.82, 2.24) is 0 Å². The Morgan fingerprint density at radius 3 is 1.81 bits per heavy atom. The maximum Gasteiger partial charge on any atom is 0.148 e. The van der Waals surface area contributed by atoms with Gasteiger partial charge in [0.05, 0.1) is 18.0 Å². The van der Waals surface area contributed by atoms with Crippen molar-refractivity contribution in [3.8, 4) is 0 Å². The molecule has 4 heteroatoms. The van der Waals surface area contributed by atoms with Crippen molar-refractivity contribution >= 4 is 18.4 Å². The predicted octanol–water partition coefficient (Wildman–Crippen LogP) is 5.35. The topological polar surface area (TPSA) is 57.5 Å². The summed E-state index contributed by atoms with van der Waals surface area (Å²) in [5.41, 5.74) is 0. The minimum absolute atomic E-state index is 0.115. The zero-order valence-electron chi connectivity index (χ0n) is 16.8. The molecule has 0 amide bonds. The van der Waals surface area contributed by atoms with E-state index in [1.54, 1.807) is 0 Å². The number of carbonyl (C=O) groups is 1. The fourth-order valence-electron chi connectivity index (χ4n) is 2.42. The van der Waals surface area contributed by atoms with Crippen molar-refractivity contribution in [3.05, 3.63) is 48.6 Å². The Hall–Kier alpha value is -1.10. The summed E-state index contributed by atoms with van der Waals surface area (Å²) in [6.45, 7) is 1.79. The molecule has 0 saturated carbocycles. The lowest BCUT2D eigenvalue weighted by Gasteiger charge is -2.13. The Morgan fingerprint density at radius 1 is 0.852 bits per heavy atom. The largest absolute Gasteiger partial charge is 0.394 e. The molecule has 2 N–H and O–H groups in total. The van der Waals surface area contributed by atoms with Gasteiger partial charge in [-0.15, -0.1) is 0 Å². The first kappa shape index (κ1) is 25.9. The first-order valence-corrected chi connectivity index (χ1v) is 10.7. The van der Waals surface area contributed by atoms with E-state index >= 15 is 0 Å². The normalized spacial score (nSPS) is 14.8. The van der Waals surface area contributed by atoms with Gasteiger partial charge in [-0.2, -0.15) is 12.6 Å². The number of unbranched alkanes of at least 4 members (excludes halogenated alkanes) is 4. The van der Waals surface area contributed by atoms with Gasteiger partial charge in [-0.1, -0.05) is 68.4 Å². The Bertz CT molecular complexity index is 466. The molecule has 0 spiro atoms. The summed E-state index contributed by atoms with van der Waals surface area (Å²) in [6, 6.07) is 0. The van der Waals surface area contributed by atoms with Crippen LogP contribution in [0.1, 0.15) is 71.1 Å². The van der Waals surface area contributed by atoms with Gasteiger partial charge in [-0.3, -0.25) is 4.79 Å². The lowest BCUT2D eigenvalue weighted by atomic mass is 10.1. The number of carbonyl (C=O) groups excluding carboxylic acids is 1. The van der Waals surface area contributed by atoms with Gasteiger partial charge in [-0.05, 0) is 44.9 Å². The third kappa shape index (κ3) is 16.8. The first-order valence-electron chi connectivity index (χ1n) is 10.2. The number of aliphatic hydroxyl groups is 2. The molecule has 0 unspecified atom stereocenters. The van der Waals surface area contributed by atoms with Crippen LogP contribution >= 0.6 is 12.6 Å². The van der Waals surface area contributed by atoms with Crippen LogP contribution in [-0.2, 0) is 4.79 Å². The van der Waals surface area contributed by atoms with E-state index in [4.69, 9.17) is 5.11 Å². The van der Waals surface area contributed by atoms with Gasteiger partial charge in [0.2, 0.25) is 0 Å². The fraction of sp³-hybridized carbons (Fsp3) is 0.609. The molecular formula is C23H38O3S. The predicted molar refractivity (Wildman–Crippen MR) is 119 cm³/mol. The van der Waals surface area contributed by atoms with Crippen molar-refractivity contribution in [2.45, 2.75) is 82.5 Å². The quantitative estimate of drug-likeness (QED) is 0.177. The van der Waals surface area contributed by atoms with Gasteiger partial charge in [0.25, 0.3) is 0 Å². The van der Waals surface area contributed by atoms with Crippen LogP contribution in [0.3, 0.4) is 0 Å². The van der Waals surface area contributed by atoms with Crippen LogP contribution in [-0.4, -0.2) is 34.0 Å². The van der Waals surface area contributed by atoms with Crippen LogP contribution in [0.15, 0.2) is 48.6 Å². The SMILES string of the molecule is CCCCC/C=C\C/C=C\C/C=C\C/C=C\CCCC(=O)[C@H](S)[C@H](O)CO. The molecule has 27 heavy (non-hydrogen) atoms. The number of Topliss-reactive ketones (excluding diaryl/α,β-unsaturated/α-hetero) is 1. The summed E-state index contributed by atoms with van der Waals surface area (Å²) in [4.78, 5) is 11.7. The second kappa shape index (κ2) is 19.7. The van der Waals surface area contributed by atoms with Crippen molar-refractivity contribution in [2.24, 2.45) is 0 Å². The van der Waals surface area contributed by atoms with Crippen LogP contribution in [0.2, 0.25) is 0 Å². The summed E-state index contributed by atoms with van der Waals surface area (Å²) in [5.74, 6) is -0.115. The Kier molecular flexibility index (Phi) is 18.9. The second-order valence-electron chi connectivity index (χ2n) is 6.64. The van der Waals surface area contributed by atoms with Crippen molar-refractivity contribution in [3.63, 3.8) is 0 Å².